The van der Waals surface area contributed by atoms with E-state index >= 15 is 0 Å². The van der Waals surface area contributed by atoms with Gasteiger partial charge in [-0.25, -0.2) is 0 Å². The van der Waals surface area contributed by atoms with Gasteiger partial charge in [0.05, 0.1) is 23.7 Å². The highest BCUT2D eigenvalue weighted by atomic mass is 16.4. The highest BCUT2D eigenvalue weighted by Crippen LogP contribution is 2.34. The maximum Gasteiger partial charge on any atom is 0.307 e. The number of carboxylic acids is 2. The molecular formula is C30H36N2O6. The Hall–Kier alpha value is -3.68. The van der Waals surface area contributed by atoms with Crippen molar-refractivity contribution in [1.82, 2.24) is 0 Å². The van der Waals surface area contributed by atoms with Crippen molar-refractivity contribution in [2.45, 2.75) is 65.2 Å². The molecule has 2 aliphatic rings. The first kappa shape index (κ1) is 27.4. The zero-order valence-corrected chi connectivity index (χ0v) is 22.0. The molecule has 0 aromatic heterocycles. The number of hydrogen-bond acceptors (Lipinski definition) is 4. The largest absolute Gasteiger partial charge is 0.481 e. The SMILES string of the molecule is Cc1cc(-c2ccc(NC(=O)[C@@H]3CCCC[C@@H]3C(=O)O)c(C)c2)ccc1NC(=O)[C@H]1CCCC[C@@H]1C(=O)O. The molecule has 4 atom stereocenters. The number of aliphatic carboxylic acids is 2. The zero-order chi connectivity index (χ0) is 27.4. The standard InChI is InChI=1S/C30H36N2O6/c1-17-15-19(11-13-25(17)31-27(33)21-7-3-5-9-23(21)29(35)36)20-12-14-26(18(2)16-20)32-28(34)22-8-4-6-10-24(22)30(37)38/h11-16,21-24H,3-10H2,1-2H3,(H,31,33)(H,32,34)(H,35,36)(H,37,38)/t21-,22+,23-,24-/m0/s1. The predicted molar refractivity (Wildman–Crippen MR) is 145 cm³/mol. The summed E-state index contributed by atoms with van der Waals surface area (Å²) in [6, 6.07) is 11.4. The van der Waals surface area contributed by atoms with E-state index in [9.17, 15) is 29.4 Å². The normalized spacial score (nSPS) is 23.3. The molecule has 4 rings (SSSR count). The van der Waals surface area contributed by atoms with Crippen LogP contribution >= 0.6 is 0 Å². The van der Waals surface area contributed by atoms with Crippen molar-refractivity contribution in [2.24, 2.45) is 23.7 Å². The summed E-state index contributed by atoms with van der Waals surface area (Å²) in [5, 5.41) is 24.9. The Labute approximate surface area is 222 Å². The van der Waals surface area contributed by atoms with Gasteiger partial charge < -0.3 is 20.8 Å². The fourth-order valence-corrected chi connectivity index (χ4v) is 5.90. The van der Waals surface area contributed by atoms with Crippen LogP contribution in [0.4, 0.5) is 11.4 Å². The van der Waals surface area contributed by atoms with Crippen molar-refractivity contribution in [3.63, 3.8) is 0 Å². The van der Waals surface area contributed by atoms with E-state index in [1.807, 2.05) is 50.2 Å². The van der Waals surface area contributed by atoms with Crippen LogP contribution in [0.1, 0.15) is 62.5 Å². The van der Waals surface area contributed by atoms with Crippen LogP contribution in [-0.2, 0) is 19.2 Å². The number of carbonyl (C=O) groups excluding carboxylic acids is 2. The minimum absolute atomic E-state index is 0.244. The molecule has 2 fully saturated rings. The quantitative estimate of drug-likeness (QED) is 0.374. The van der Waals surface area contributed by atoms with Crippen LogP contribution < -0.4 is 10.6 Å². The first-order valence-electron chi connectivity index (χ1n) is 13.4. The maximum absolute atomic E-state index is 12.9. The van der Waals surface area contributed by atoms with Crippen molar-refractivity contribution in [3.05, 3.63) is 47.5 Å². The van der Waals surface area contributed by atoms with Gasteiger partial charge in [-0.2, -0.15) is 0 Å². The van der Waals surface area contributed by atoms with Crippen molar-refractivity contribution >= 4 is 35.1 Å². The first-order valence-corrected chi connectivity index (χ1v) is 13.4. The van der Waals surface area contributed by atoms with Gasteiger partial charge >= 0.3 is 11.9 Å². The summed E-state index contributed by atoms with van der Waals surface area (Å²) in [5.74, 6) is -4.63. The molecule has 0 bridgehead atoms. The van der Waals surface area contributed by atoms with E-state index in [1.165, 1.54) is 0 Å². The van der Waals surface area contributed by atoms with Crippen molar-refractivity contribution < 1.29 is 29.4 Å². The number of benzene rings is 2. The van der Waals surface area contributed by atoms with E-state index in [1.54, 1.807) is 0 Å². The third-order valence-corrected chi connectivity index (χ3v) is 8.14. The molecule has 8 nitrogen and oxygen atoms in total. The van der Waals surface area contributed by atoms with Gasteiger partial charge in [-0.15, -0.1) is 0 Å². The molecule has 0 aliphatic heterocycles. The summed E-state index contributed by atoms with van der Waals surface area (Å²) in [6.07, 6.45) is 5.61. The van der Waals surface area contributed by atoms with Crippen LogP contribution in [-0.4, -0.2) is 34.0 Å². The molecule has 4 N–H and O–H groups in total. The second-order valence-electron chi connectivity index (χ2n) is 10.7. The van der Waals surface area contributed by atoms with Crippen LogP contribution in [0, 0.1) is 37.5 Å². The molecule has 0 radical (unpaired) electrons. The highest BCUT2D eigenvalue weighted by molar-refractivity contribution is 5.97. The fraction of sp³-hybridized carbons (Fsp3) is 0.467. The molecule has 2 aromatic rings. The number of amides is 2. The molecule has 2 saturated carbocycles. The molecule has 0 saturated heterocycles. The Balaban J connectivity index is 1.45. The van der Waals surface area contributed by atoms with E-state index in [0.29, 0.717) is 37.1 Å². The van der Waals surface area contributed by atoms with Crippen LogP contribution in [0.15, 0.2) is 36.4 Å². The van der Waals surface area contributed by atoms with Gasteiger partial charge in [0, 0.05) is 11.4 Å². The zero-order valence-electron chi connectivity index (χ0n) is 22.0. The highest BCUT2D eigenvalue weighted by Gasteiger charge is 2.37. The summed E-state index contributed by atoms with van der Waals surface area (Å²) < 4.78 is 0. The van der Waals surface area contributed by atoms with Gasteiger partial charge in [-0.05, 0) is 86.1 Å². The summed E-state index contributed by atoms with van der Waals surface area (Å²) in [4.78, 5) is 49.0. The number of nitrogens with one attached hydrogen (secondary N) is 2. The third-order valence-electron chi connectivity index (χ3n) is 8.14. The number of carboxylic acid groups (broad SMARTS) is 2. The molecule has 2 amide bonds. The average Bonchev–Trinajstić information content (AvgIpc) is 2.90. The number of aryl methyl sites for hydroxylation is 2. The third kappa shape index (κ3) is 6.06. The van der Waals surface area contributed by atoms with Crippen LogP contribution in [0.2, 0.25) is 0 Å². The molecule has 202 valence electrons. The summed E-state index contributed by atoms with van der Waals surface area (Å²) in [6.45, 7) is 3.80. The maximum atomic E-state index is 12.9. The smallest absolute Gasteiger partial charge is 0.307 e. The number of hydrogen-bond donors (Lipinski definition) is 4. The average molecular weight is 521 g/mol. The second-order valence-corrected chi connectivity index (χ2v) is 10.7. The van der Waals surface area contributed by atoms with Crippen LogP contribution in [0.25, 0.3) is 11.1 Å². The Morgan fingerprint density at radius 1 is 0.605 bits per heavy atom. The minimum atomic E-state index is -0.910. The summed E-state index contributed by atoms with van der Waals surface area (Å²) in [5.41, 5.74) is 4.95. The Bertz CT molecular complexity index is 1140. The first-order chi connectivity index (χ1) is 18.2. The van der Waals surface area contributed by atoms with Crippen LogP contribution in [0.5, 0.6) is 0 Å². The van der Waals surface area contributed by atoms with E-state index in [2.05, 4.69) is 10.6 Å². The lowest BCUT2D eigenvalue weighted by Crippen LogP contribution is -2.36. The van der Waals surface area contributed by atoms with Crippen molar-refractivity contribution in [3.8, 4) is 11.1 Å². The van der Waals surface area contributed by atoms with Gasteiger partial charge in [0.15, 0.2) is 0 Å². The van der Waals surface area contributed by atoms with Crippen molar-refractivity contribution in [2.75, 3.05) is 10.6 Å². The van der Waals surface area contributed by atoms with E-state index < -0.39 is 35.6 Å². The van der Waals surface area contributed by atoms with E-state index in [0.717, 1.165) is 47.9 Å². The van der Waals surface area contributed by atoms with Gasteiger partial charge in [0.1, 0.15) is 0 Å². The van der Waals surface area contributed by atoms with Gasteiger partial charge in [-0.1, -0.05) is 37.8 Å². The Kier molecular flexibility index (Phi) is 8.49. The Morgan fingerprint density at radius 2 is 0.947 bits per heavy atom. The second kappa shape index (κ2) is 11.8. The molecule has 2 aliphatic carbocycles. The van der Waals surface area contributed by atoms with Gasteiger partial charge in [-0.3, -0.25) is 19.2 Å². The number of rotatable bonds is 7. The number of carbonyl (C=O) groups is 4. The predicted octanol–water partition coefficient (Wildman–Crippen LogP) is 5.63. The Morgan fingerprint density at radius 3 is 1.26 bits per heavy atom. The molecule has 0 heterocycles. The van der Waals surface area contributed by atoms with Crippen LogP contribution in [0.3, 0.4) is 0 Å². The molecule has 0 unspecified atom stereocenters. The molecule has 8 heteroatoms. The van der Waals surface area contributed by atoms with Gasteiger partial charge in [0.2, 0.25) is 11.8 Å². The lowest BCUT2D eigenvalue weighted by molar-refractivity contribution is -0.148. The fourth-order valence-electron chi connectivity index (χ4n) is 5.90. The monoisotopic (exact) mass is 520 g/mol. The summed E-state index contributed by atoms with van der Waals surface area (Å²) in [7, 11) is 0. The molecule has 0 spiro atoms. The molecule has 38 heavy (non-hydrogen) atoms. The molecule has 2 aromatic carbocycles. The lowest BCUT2D eigenvalue weighted by atomic mass is 9.78. The topological polar surface area (TPSA) is 133 Å². The number of anilines is 2. The van der Waals surface area contributed by atoms with E-state index in [4.69, 9.17) is 0 Å². The van der Waals surface area contributed by atoms with Crippen molar-refractivity contribution in [1.29, 1.82) is 0 Å². The van der Waals surface area contributed by atoms with E-state index in [-0.39, 0.29) is 11.8 Å². The minimum Gasteiger partial charge on any atom is -0.481 e. The lowest BCUT2D eigenvalue weighted by Gasteiger charge is -2.27. The summed E-state index contributed by atoms with van der Waals surface area (Å²) >= 11 is 0. The molecular weight excluding hydrogens is 484 g/mol. The van der Waals surface area contributed by atoms with Gasteiger partial charge in [0.25, 0.3) is 0 Å².